The molecular weight excluding hydrogens is 397 g/mol. The first-order valence-electron chi connectivity index (χ1n) is 10.7. The fourth-order valence-electron chi connectivity index (χ4n) is 4.34. The molecule has 4 rings (SSSR count). The van der Waals surface area contributed by atoms with Crippen molar-refractivity contribution in [2.45, 2.75) is 38.4 Å². The highest BCUT2D eigenvalue weighted by Crippen LogP contribution is 2.27. The lowest BCUT2D eigenvalue weighted by molar-refractivity contribution is -0.135. The first-order chi connectivity index (χ1) is 15.0. The average molecular weight is 426 g/mol. The lowest BCUT2D eigenvalue weighted by atomic mass is 9.93. The van der Waals surface area contributed by atoms with Crippen LogP contribution in [0.3, 0.4) is 0 Å². The minimum absolute atomic E-state index is 0.0316. The summed E-state index contributed by atoms with van der Waals surface area (Å²) in [7, 11) is 0. The van der Waals surface area contributed by atoms with Crippen LogP contribution in [0.1, 0.15) is 36.9 Å². The average Bonchev–Trinajstić information content (AvgIpc) is 3.16. The molecule has 0 saturated carbocycles. The van der Waals surface area contributed by atoms with Gasteiger partial charge in [0, 0.05) is 31.4 Å². The van der Waals surface area contributed by atoms with Gasteiger partial charge in [-0.2, -0.15) is 0 Å². The van der Waals surface area contributed by atoms with Gasteiger partial charge < -0.3 is 10.2 Å². The van der Waals surface area contributed by atoms with E-state index in [0.717, 1.165) is 24.0 Å². The first kappa shape index (κ1) is 21.4. The summed E-state index contributed by atoms with van der Waals surface area (Å²) in [6, 6.07) is 9.98. The molecule has 164 valence electrons. The topological polar surface area (TPSA) is 86.4 Å². The molecule has 1 aromatic heterocycles. The highest BCUT2D eigenvalue weighted by atomic mass is 19.1. The molecule has 2 saturated heterocycles. The number of rotatable bonds is 5. The standard InChI is InChI=1S/C23H28FN5O2/c1-15-21(17-8-10-25-11-9-17)27-28-22(15)26-23(31)18-3-2-12-29(14-18)20(30)13-16-4-6-19(24)7-5-16/h4-11,15,18,21-22,27-28H,2-3,12-14H2,1H3,(H,26,31). The molecule has 2 aromatic rings. The van der Waals surface area contributed by atoms with E-state index < -0.39 is 0 Å². The fourth-order valence-corrected chi connectivity index (χ4v) is 4.34. The number of piperidine rings is 1. The lowest BCUT2D eigenvalue weighted by Gasteiger charge is -2.33. The van der Waals surface area contributed by atoms with Crippen molar-refractivity contribution in [1.29, 1.82) is 0 Å². The van der Waals surface area contributed by atoms with Gasteiger partial charge in [-0.05, 0) is 48.2 Å². The molecule has 0 aliphatic carbocycles. The van der Waals surface area contributed by atoms with E-state index in [1.165, 1.54) is 12.1 Å². The molecule has 0 radical (unpaired) electrons. The van der Waals surface area contributed by atoms with Crippen LogP contribution in [0.25, 0.3) is 0 Å². The van der Waals surface area contributed by atoms with Crippen LogP contribution in [0, 0.1) is 17.7 Å². The van der Waals surface area contributed by atoms with Crippen molar-refractivity contribution in [3.05, 3.63) is 65.7 Å². The van der Waals surface area contributed by atoms with Crippen LogP contribution in [0.4, 0.5) is 4.39 Å². The molecular formula is C23H28FN5O2. The number of benzene rings is 1. The van der Waals surface area contributed by atoms with Crippen molar-refractivity contribution >= 4 is 11.8 Å². The first-order valence-corrected chi connectivity index (χ1v) is 10.7. The SMILES string of the molecule is CC1C(NC(=O)C2CCCN(C(=O)Cc3ccc(F)cc3)C2)NNC1c1ccncc1. The number of hydrogen-bond donors (Lipinski definition) is 3. The quantitative estimate of drug-likeness (QED) is 0.682. The van der Waals surface area contributed by atoms with Gasteiger partial charge in [0.05, 0.1) is 24.5 Å². The Bertz CT molecular complexity index is 908. The Hall–Kier alpha value is -2.84. The van der Waals surface area contributed by atoms with Crippen LogP contribution >= 0.6 is 0 Å². The fraction of sp³-hybridized carbons (Fsp3) is 0.435. The van der Waals surface area contributed by atoms with E-state index in [1.807, 2.05) is 12.1 Å². The number of likely N-dealkylation sites (tertiary alicyclic amines) is 1. The molecule has 2 aliphatic rings. The Balaban J connectivity index is 1.31. The summed E-state index contributed by atoms with van der Waals surface area (Å²) in [6.07, 6.45) is 5.08. The maximum atomic E-state index is 13.1. The Morgan fingerprint density at radius 1 is 1.16 bits per heavy atom. The van der Waals surface area contributed by atoms with E-state index in [9.17, 15) is 14.0 Å². The molecule has 31 heavy (non-hydrogen) atoms. The van der Waals surface area contributed by atoms with E-state index in [4.69, 9.17) is 0 Å². The van der Waals surface area contributed by atoms with Gasteiger partial charge in [0.15, 0.2) is 0 Å². The van der Waals surface area contributed by atoms with Crippen LogP contribution in [-0.2, 0) is 16.0 Å². The zero-order chi connectivity index (χ0) is 21.8. The second-order valence-corrected chi connectivity index (χ2v) is 8.37. The van der Waals surface area contributed by atoms with E-state index in [1.54, 1.807) is 29.4 Å². The molecule has 3 N–H and O–H groups in total. The molecule has 2 amide bonds. The summed E-state index contributed by atoms with van der Waals surface area (Å²) in [6.45, 7) is 3.14. The Labute approximate surface area is 181 Å². The number of pyridine rings is 1. The third-order valence-electron chi connectivity index (χ3n) is 6.22. The van der Waals surface area contributed by atoms with E-state index in [2.05, 4.69) is 28.1 Å². The molecule has 7 nitrogen and oxygen atoms in total. The molecule has 4 atom stereocenters. The number of nitrogens with zero attached hydrogens (tertiary/aromatic N) is 2. The summed E-state index contributed by atoms with van der Waals surface area (Å²) >= 11 is 0. The third-order valence-corrected chi connectivity index (χ3v) is 6.22. The van der Waals surface area contributed by atoms with Gasteiger partial charge in [0.25, 0.3) is 0 Å². The van der Waals surface area contributed by atoms with Gasteiger partial charge in [-0.15, -0.1) is 0 Å². The van der Waals surface area contributed by atoms with Crippen molar-refractivity contribution in [3.8, 4) is 0 Å². The molecule has 1 aromatic carbocycles. The zero-order valence-corrected chi connectivity index (χ0v) is 17.6. The van der Waals surface area contributed by atoms with Crippen LogP contribution in [0.2, 0.25) is 0 Å². The van der Waals surface area contributed by atoms with Crippen LogP contribution < -0.4 is 16.2 Å². The number of nitrogens with one attached hydrogen (secondary N) is 3. The van der Waals surface area contributed by atoms with Crippen molar-refractivity contribution < 1.29 is 14.0 Å². The highest BCUT2D eigenvalue weighted by molar-refractivity contribution is 5.82. The Morgan fingerprint density at radius 3 is 2.65 bits per heavy atom. The molecule has 0 spiro atoms. The number of halogens is 1. The zero-order valence-electron chi connectivity index (χ0n) is 17.6. The Morgan fingerprint density at radius 2 is 1.90 bits per heavy atom. The lowest BCUT2D eigenvalue weighted by Crippen LogP contribution is -2.52. The largest absolute Gasteiger partial charge is 0.342 e. The van der Waals surface area contributed by atoms with Gasteiger partial charge in [-0.1, -0.05) is 19.1 Å². The number of aromatic nitrogens is 1. The smallest absolute Gasteiger partial charge is 0.227 e. The van der Waals surface area contributed by atoms with Gasteiger partial charge in [0.2, 0.25) is 11.8 Å². The summed E-state index contributed by atoms with van der Waals surface area (Å²) in [5.74, 6) is -0.482. The number of amides is 2. The second-order valence-electron chi connectivity index (χ2n) is 8.37. The minimum Gasteiger partial charge on any atom is -0.342 e. The summed E-state index contributed by atoms with van der Waals surface area (Å²) in [5, 5.41) is 3.11. The maximum absolute atomic E-state index is 13.1. The molecule has 0 bridgehead atoms. The summed E-state index contributed by atoms with van der Waals surface area (Å²) in [5.41, 5.74) is 8.32. The Kier molecular flexibility index (Phi) is 6.58. The van der Waals surface area contributed by atoms with Crippen LogP contribution in [0.15, 0.2) is 48.8 Å². The van der Waals surface area contributed by atoms with E-state index in [-0.39, 0.29) is 48.1 Å². The van der Waals surface area contributed by atoms with Crippen LogP contribution in [0.5, 0.6) is 0 Å². The number of carbonyl (C=O) groups excluding carboxylic acids is 2. The van der Waals surface area contributed by atoms with E-state index in [0.29, 0.717) is 13.1 Å². The van der Waals surface area contributed by atoms with Crippen molar-refractivity contribution in [2.24, 2.45) is 11.8 Å². The number of hydrogen-bond acceptors (Lipinski definition) is 5. The van der Waals surface area contributed by atoms with Gasteiger partial charge in [-0.3, -0.25) is 14.6 Å². The normalized spacial score (nSPS) is 25.9. The molecule has 2 aliphatic heterocycles. The van der Waals surface area contributed by atoms with Crippen molar-refractivity contribution in [3.63, 3.8) is 0 Å². The summed E-state index contributed by atoms with van der Waals surface area (Å²) in [4.78, 5) is 31.4. The third kappa shape index (κ3) is 5.08. The minimum atomic E-state index is -0.318. The second kappa shape index (κ2) is 9.53. The predicted octanol–water partition coefficient (Wildman–Crippen LogP) is 1.93. The number of hydrazine groups is 1. The van der Waals surface area contributed by atoms with E-state index >= 15 is 0 Å². The van der Waals surface area contributed by atoms with Gasteiger partial charge in [-0.25, -0.2) is 15.2 Å². The van der Waals surface area contributed by atoms with Crippen molar-refractivity contribution in [1.82, 2.24) is 26.1 Å². The van der Waals surface area contributed by atoms with Gasteiger partial charge >= 0.3 is 0 Å². The summed E-state index contributed by atoms with van der Waals surface area (Å²) < 4.78 is 13.1. The monoisotopic (exact) mass is 425 g/mol. The van der Waals surface area contributed by atoms with Crippen LogP contribution in [-0.4, -0.2) is 41.0 Å². The van der Waals surface area contributed by atoms with Gasteiger partial charge in [0.1, 0.15) is 5.82 Å². The molecule has 8 heteroatoms. The predicted molar refractivity (Wildman–Crippen MR) is 114 cm³/mol. The molecule has 3 heterocycles. The maximum Gasteiger partial charge on any atom is 0.227 e. The number of carbonyl (C=O) groups is 2. The molecule has 4 unspecified atom stereocenters. The van der Waals surface area contributed by atoms with Crippen molar-refractivity contribution in [2.75, 3.05) is 13.1 Å². The molecule has 2 fully saturated rings. The highest BCUT2D eigenvalue weighted by Gasteiger charge is 2.36.